The zero-order chi connectivity index (χ0) is 19.3. The van der Waals surface area contributed by atoms with Crippen LogP contribution in [0.25, 0.3) is 0 Å². The molecule has 0 unspecified atom stereocenters. The van der Waals surface area contributed by atoms with Crippen LogP contribution in [0.4, 0.5) is 0 Å². The summed E-state index contributed by atoms with van der Waals surface area (Å²) < 4.78 is 10.8. The number of guanidine groups is 1. The van der Waals surface area contributed by atoms with Gasteiger partial charge in [-0.1, -0.05) is 30.3 Å². The first-order chi connectivity index (χ1) is 13.1. The highest BCUT2D eigenvalue weighted by Crippen LogP contribution is 2.50. The van der Waals surface area contributed by atoms with Crippen LogP contribution in [0.3, 0.4) is 0 Å². The second-order valence-corrected chi connectivity index (χ2v) is 7.09. The molecule has 0 radical (unpaired) electrons. The minimum Gasteiger partial charge on any atom is -0.497 e. The van der Waals surface area contributed by atoms with Gasteiger partial charge in [-0.05, 0) is 36.6 Å². The second kappa shape index (κ2) is 8.33. The van der Waals surface area contributed by atoms with Gasteiger partial charge in [-0.25, -0.2) is 0 Å². The third-order valence-electron chi connectivity index (χ3n) is 5.27. The summed E-state index contributed by atoms with van der Waals surface area (Å²) in [6.07, 6.45) is 2.33. The lowest BCUT2D eigenvalue weighted by Crippen LogP contribution is -2.42. The quantitative estimate of drug-likeness (QED) is 0.601. The molecule has 0 heterocycles. The van der Waals surface area contributed by atoms with Crippen molar-refractivity contribution in [3.05, 3.63) is 59.7 Å². The van der Waals surface area contributed by atoms with Crippen molar-refractivity contribution in [1.82, 2.24) is 10.2 Å². The van der Waals surface area contributed by atoms with Crippen LogP contribution < -0.4 is 14.8 Å². The van der Waals surface area contributed by atoms with Gasteiger partial charge in [0.1, 0.15) is 11.5 Å². The summed E-state index contributed by atoms with van der Waals surface area (Å²) in [4.78, 5) is 6.60. The molecule has 0 bridgehead atoms. The van der Waals surface area contributed by atoms with Crippen LogP contribution in [0.1, 0.15) is 24.0 Å². The maximum absolute atomic E-state index is 5.57. The molecule has 1 fully saturated rings. The number of benzene rings is 2. The summed E-state index contributed by atoms with van der Waals surface area (Å²) in [6, 6.07) is 16.5. The van der Waals surface area contributed by atoms with Gasteiger partial charge in [0.05, 0.1) is 14.2 Å². The van der Waals surface area contributed by atoms with Crippen LogP contribution in [-0.4, -0.2) is 45.7 Å². The second-order valence-electron chi connectivity index (χ2n) is 7.09. The van der Waals surface area contributed by atoms with E-state index in [4.69, 9.17) is 9.47 Å². The lowest BCUT2D eigenvalue weighted by Gasteiger charge is -2.25. The van der Waals surface area contributed by atoms with Crippen LogP contribution in [0, 0.1) is 0 Å². The predicted octanol–water partition coefficient (Wildman–Crippen LogP) is 3.44. The Morgan fingerprint density at radius 3 is 2.37 bits per heavy atom. The molecule has 5 nitrogen and oxygen atoms in total. The van der Waals surface area contributed by atoms with Gasteiger partial charge in [0, 0.05) is 38.2 Å². The van der Waals surface area contributed by atoms with Gasteiger partial charge in [0.15, 0.2) is 5.96 Å². The molecule has 27 heavy (non-hydrogen) atoms. The first kappa shape index (κ1) is 19.1. The highest BCUT2D eigenvalue weighted by atomic mass is 16.5. The summed E-state index contributed by atoms with van der Waals surface area (Å²) in [5, 5.41) is 3.56. The molecule has 5 heteroatoms. The summed E-state index contributed by atoms with van der Waals surface area (Å²) in [6.45, 7) is 1.64. The van der Waals surface area contributed by atoms with Crippen molar-refractivity contribution in [2.45, 2.75) is 24.8 Å². The average molecular weight is 367 g/mol. The number of hydrogen-bond acceptors (Lipinski definition) is 3. The number of rotatable bonds is 7. The first-order valence-corrected chi connectivity index (χ1v) is 9.30. The largest absolute Gasteiger partial charge is 0.497 e. The Bertz CT molecular complexity index is 782. The van der Waals surface area contributed by atoms with Gasteiger partial charge in [-0.15, -0.1) is 0 Å². The first-order valence-electron chi connectivity index (χ1n) is 9.30. The molecule has 2 aromatic rings. The normalized spacial score (nSPS) is 15.2. The van der Waals surface area contributed by atoms with Crippen molar-refractivity contribution in [3.63, 3.8) is 0 Å². The molecule has 0 saturated heterocycles. The monoisotopic (exact) mass is 367 g/mol. The van der Waals surface area contributed by atoms with Crippen molar-refractivity contribution in [1.29, 1.82) is 0 Å². The van der Waals surface area contributed by atoms with Crippen LogP contribution >= 0.6 is 0 Å². The van der Waals surface area contributed by atoms with Crippen LogP contribution in [0.15, 0.2) is 53.5 Å². The Morgan fingerprint density at radius 2 is 1.78 bits per heavy atom. The highest BCUT2D eigenvalue weighted by Gasteiger charge is 2.46. The molecule has 144 valence electrons. The molecule has 1 saturated carbocycles. The van der Waals surface area contributed by atoms with E-state index < -0.39 is 0 Å². The van der Waals surface area contributed by atoms with Gasteiger partial charge in [0.25, 0.3) is 0 Å². The minimum absolute atomic E-state index is 0.142. The Morgan fingerprint density at radius 1 is 1.07 bits per heavy atom. The predicted molar refractivity (Wildman–Crippen MR) is 110 cm³/mol. The Kier molecular flexibility index (Phi) is 5.89. The smallest absolute Gasteiger partial charge is 0.193 e. The molecule has 1 aliphatic carbocycles. The van der Waals surface area contributed by atoms with E-state index in [-0.39, 0.29) is 5.41 Å². The fraction of sp³-hybridized carbons (Fsp3) is 0.409. The van der Waals surface area contributed by atoms with E-state index in [1.165, 1.54) is 24.0 Å². The SMILES string of the molecule is CN=C(NCC1(c2ccccc2OC)CC1)N(C)Cc1ccc(OC)cc1. The van der Waals surface area contributed by atoms with Crippen molar-refractivity contribution in [3.8, 4) is 11.5 Å². The molecule has 0 aliphatic heterocycles. The Balaban J connectivity index is 1.63. The van der Waals surface area contributed by atoms with Crippen LogP contribution in [0.5, 0.6) is 11.5 Å². The van der Waals surface area contributed by atoms with Gasteiger partial charge >= 0.3 is 0 Å². The lowest BCUT2D eigenvalue weighted by atomic mass is 9.95. The molecule has 1 aliphatic rings. The summed E-state index contributed by atoms with van der Waals surface area (Å²) in [7, 11) is 7.31. The number of ether oxygens (including phenoxy) is 2. The van der Waals surface area contributed by atoms with E-state index in [1.54, 1.807) is 14.2 Å². The zero-order valence-corrected chi connectivity index (χ0v) is 16.7. The van der Waals surface area contributed by atoms with Gasteiger partial charge in [0.2, 0.25) is 0 Å². The lowest BCUT2D eigenvalue weighted by molar-refractivity contribution is 0.402. The number of nitrogens with zero attached hydrogens (tertiary/aromatic N) is 2. The van der Waals surface area contributed by atoms with E-state index in [0.717, 1.165) is 30.5 Å². The number of methoxy groups -OCH3 is 2. The third-order valence-corrected chi connectivity index (χ3v) is 5.27. The molecule has 0 atom stereocenters. The van der Waals surface area contributed by atoms with Crippen molar-refractivity contribution in [2.24, 2.45) is 4.99 Å². The van der Waals surface area contributed by atoms with Crippen LogP contribution in [0.2, 0.25) is 0 Å². The molecule has 0 amide bonds. The molecule has 2 aromatic carbocycles. The maximum atomic E-state index is 5.57. The summed E-state index contributed by atoms with van der Waals surface area (Å²) in [5.74, 6) is 2.74. The maximum Gasteiger partial charge on any atom is 0.193 e. The summed E-state index contributed by atoms with van der Waals surface area (Å²) >= 11 is 0. The Labute approximate surface area is 162 Å². The van der Waals surface area contributed by atoms with E-state index in [1.807, 2.05) is 31.3 Å². The van der Waals surface area contributed by atoms with E-state index in [9.17, 15) is 0 Å². The fourth-order valence-electron chi connectivity index (χ4n) is 3.49. The highest BCUT2D eigenvalue weighted by molar-refractivity contribution is 5.79. The fourth-order valence-corrected chi connectivity index (χ4v) is 3.49. The van der Waals surface area contributed by atoms with E-state index >= 15 is 0 Å². The number of nitrogens with one attached hydrogen (secondary N) is 1. The zero-order valence-electron chi connectivity index (χ0n) is 16.7. The Hall–Kier alpha value is -2.69. The van der Waals surface area contributed by atoms with Gasteiger partial charge in [-0.3, -0.25) is 4.99 Å². The van der Waals surface area contributed by atoms with Crippen LogP contribution in [-0.2, 0) is 12.0 Å². The van der Waals surface area contributed by atoms with Gasteiger partial charge in [-0.2, -0.15) is 0 Å². The molecular formula is C22H29N3O2. The summed E-state index contributed by atoms with van der Waals surface area (Å²) in [5.41, 5.74) is 2.64. The molecular weight excluding hydrogens is 338 g/mol. The van der Waals surface area contributed by atoms with Crippen molar-refractivity contribution < 1.29 is 9.47 Å². The number of aliphatic imine (C=N–C) groups is 1. The number of hydrogen-bond donors (Lipinski definition) is 1. The van der Waals surface area contributed by atoms with E-state index in [2.05, 4.69) is 46.5 Å². The van der Waals surface area contributed by atoms with Crippen molar-refractivity contribution >= 4 is 5.96 Å². The molecule has 3 rings (SSSR count). The topological polar surface area (TPSA) is 46.1 Å². The minimum atomic E-state index is 0.142. The standard InChI is InChI=1S/C22H29N3O2/c1-23-21(25(2)15-17-9-11-18(26-3)12-10-17)24-16-22(13-14-22)19-7-5-6-8-20(19)27-4/h5-12H,13-16H2,1-4H3,(H,23,24). The number of para-hydroxylation sites is 1. The molecule has 0 aromatic heterocycles. The molecule has 0 spiro atoms. The third kappa shape index (κ3) is 4.35. The molecule has 1 N–H and O–H groups in total. The van der Waals surface area contributed by atoms with Crippen molar-refractivity contribution in [2.75, 3.05) is 34.9 Å². The average Bonchev–Trinajstić information content (AvgIpc) is 3.50. The van der Waals surface area contributed by atoms with E-state index in [0.29, 0.717) is 0 Å². The van der Waals surface area contributed by atoms with Gasteiger partial charge < -0.3 is 19.7 Å².